The molecule has 1 atom stereocenters. The highest BCUT2D eigenvalue weighted by atomic mass is 32.2. The normalized spacial score (nSPS) is 17.4. The SMILES string of the molecule is COc1ccc(S(=O)(=O)N2CCC[C@H](C(=O)NCc3cccc(C)c3)C2)cc1OC. The summed E-state index contributed by atoms with van der Waals surface area (Å²) in [5.41, 5.74) is 2.15. The highest BCUT2D eigenvalue weighted by Crippen LogP contribution is 2.32. The lowest BCUT2D eigenvalue weighted by molar-refractivity contribution is -0.126. The van der Waals surface area contributed by atoms with E-state index in [9.17, 15) is 13.2 Å². The summed E-state index contributed by atoms with van der Waals surface area (Å²) in [6.07, 6.45) is 1.30. The highest BCUT2D eigenvalue weighted by molar-refractivity contribution is 7.89. The molecule has 2 aromatic carbocycles. The molecule has 7 nitrogen and oxygen atoms in total. The van der Waals surface area contributed by atoms with Gasteiger partial charge in [0.2, 0.25) is 15.9 Å². The van der Waals surface area contributed by atoms with E-state index in [0.29, 0.717) is 37.4 Å². The number of carbonyl (C=O) groups is 1. The lowest BCUT2D eigenvalue weighted by Gasteiger charge is -2.31. The molecular weight excluding hydrogens is 404 g/mol. The molecule has 0 aromatic heterocycles. The fourth-order valence-corrected chi connectivity index (χ4v) is 5.20. The second kappa shape index (κ2) is 9.49. The number of rotatable bonds is 7. The van der Waals surface area contributed by atoms with Crippen LogP contribution >= 0.6 is 0 Å². The van der Waals surface area contributed by atoms with E-state index in [4.69, 9.17) is 9.47 Å². The van der Waals surface area contributed by atoms with Crippen LogP contribution in [0.15, 0.2) is 47.4 Å². The van der Waals surface area contributed by atoms with Crippen LogP contribution in [-0.4, -0.2) is 45.9 Å². The summed E-state index contributed by atoms with van der Waals surface area (Å²) in [7, 11) is -0.782. The van der Waals surface area contributed by atoms with Gasteiger partial charge < -0.3 is 14.8 Å². The Labute approximate surface area is 178 Å². The van der Waals surface area contributed by atoms with Crippen LogP contribution in [0, 0.1) is 12.8 Å². The number of piperidine rings is 1. The van der Waals surface area contributed by atoms with Gasteiger partial charge in [0, 0.05) is 25.7 Å². The fourth-order valence-electron chi connectivity index (χ4n) is 3.66. The Bertz CT molecular complexity index is 1010. The molecule has 162 valence electrons. The second-order valence-electron chi connectivity index (χ2n) is 7.43. The number of benzene rings is 2. The summed E-state index contributed by atoms with van der Waals surface area (Å²) in [5, 5.41) is 2.94. The van der Waals surface area contributed by atoms with Crippen molar-refractivity contribution in [3.63, 3.8) is 0 Å². The van der Waals surface area contributed by atoms with Gasteiger partial charge in [-0.05, 0) is 37.5 Å². The summed E-state index contributed by atoms with van der Waals surface area (Å²) in [6, 6.07) is 12.5. The molecule has 1 fully saturated rings. The minimum absolute atomic E-state index is 0.122. The molecule has 1 heterocycles. The van der Waals surface area contributed by atoms with E-state index < -0.39 is 10.0 Å². The number of carbonyl (C=O) groups excluding carboxylic acids is 1. The van der Waals surface area contributed by atoms with E-state index in [1.807, 2.05) is 31.2 Å². The molecule has 0 bridgehead atoms. The highest BCUT2D eigenvalue weighted by Gasteiger charge is 2.33. The van der Waals surface area contributed by atoms with Crippen molar-refractivity contribution < 1.29 is 22.7 Å². The average Bonchev–Trinajstić information content (AvgIpc) is 2.77. The molecule has 1 N–H and O–H groups in total. The maximum Gasteiger partial charge on any atom is 0.243 e. The fraction of sp³-hybridized carbons (Fsp3) is 0.409. The van der Waals surface area contributed by atoms with Crippen molar-refractivity contribution in [1.29, 1.82) is 0 Å². The van der Waals surface area contributed by atoms with E-state index in [1.54, 1.807) is 6.07 Å². The number of ether oxygens (including phenoxy) is 2. The van der Waals surface area contributed by atoms with E-state index >= 15 is 0 Å². The second-order valence-corrected chi connectivity index (χ2v) is 9.36. The Hall–Kier alpha value is -2.58. The van der Waals surface area contributed by atoms with Gasteiger partial charge in [0.05, 0.1) is 25.0 Å². The first-order valence-corrected chi connectivity index (χ1v) is 11.3. The summed E-state index contributed by atoms with van der Waals surface area (Å²) in [6.45, 7) is 2.98. The lowest BCUT2D eigenvalue weighted by Crippen LogP contribution is -2.45. The maximum atomic E-state index is 13.1. The molecule has 0 aliphatic carbocycles. The molecule has 1 aliphatic rings. The predicted molar refractivity (Wildman–Crippen MR) is 114 cm³/mol. The Morgan fingerprint density at radius 2 is 1.90 bits per heavy atom. The van der Waals surface area contributed by atoms with Crippen LogP contribution in [0.5, 0.6) is 11.5 Å². The standard InChI is InChI=1S/C22H28N2O5S/c1-16-6-4-7-17(12-16)14-23-22(25)18-8-5-11-24(15-18)30(26,27)19-9-10-20(28-2)21(13-19)29-3/h4,6-7,9-10,12-13,18H,5,8,11,14-15H2,1-3H3,(H,23,25)/t18-/m0/s1. The Kier molecular flexibility index (Phi) is 6.99. The number of hydrogen-bond donors (Lipinski definition) is 1. The van der Waals surface area contributed by atoms with Crippen LogP contribution < -0.4 is 14.8 Å². The maximum absolute atomic E-state index is 13.1. The zero-order valence-electron chi connectivity index (χ0n) is 17.6. The number of methoxy groups -OCH3 is 2. The van der Waals surface area contributed by atoms with Crippen LogP contribution in [0.2, 0.25) is 0 Å². The molecule has 2 aromatic rings. The van der Waals surface area contributed by atoms with Crippen molar-refractivity contribution in [3.8, 4) is 11.5 Å². The molecule has 8 heteroatoms. The number of aryl methyl sites for hydroxylation is 1. The van der Waals surface area contributed by atoms with Gasteiger partial charge in [0.15, 0.2) is 11.5 Å². The number of nitrogens with one attached hydrogen (secondary N) is 1. The Morgan fingerprint density at radius 3 is 2.60 bits per heavy atom. The number of sulfonamides is 1. The van der Waals surface area contributed by atoms with Gasteiger partial charge in [-0.15, -0.1) is 0 Å². The molecular formula is C22H28N2O5S. The van der Waals surface area contributed by atoms with Crippen LogP contribution in [0.4, 0.5) is 0 Å². The van der Waals surface area contributed by atoms with E-state index in [0.717, 1.165) is 11.1 Å². The summed E-state index contributed by atoms with van der Waals surface area (Å²) >= 11 is 0. The molecule has 0 saturated carbocycles. The van der Waals surface area contributed by atoms with E-state index in [2.05, 4.69) is 5.32 Å². The first-order chi connectivity index (χ1) is 14.3. The van der Waals surface area contributed by atoms with Crippen molar-refractivity contribution in [2.45, 2.75) is 31.2 Å². The minimum atomic E-state index is -3.74. The summed E-state index contributed by atoms with van der Waals surface area (Å²) in [5.74, 6) is 0.314. The summed E-state index contributed by atoms with van der Waals surface area (Å²) < 4.78 is 38.1. The third-order valence-electron chi connectivity index (χ3n) is 5.30. The Balaban J connectivity index is 1.69. The lowest BCUT2D eigenvalue weighted by atomic mass is 9.98. The third-order valence-corrected chi connectivity index (χ3v) is 7.16. The molecule has 3 rings (SSSR count). The van der Waals surface area contributed by atoms with Crippen molar-refractivity contribution in [3.05, 3.63) is 53.6 Å². The van der Waals surface area contributed by atoms with Crippen molar-refractivity contribution in [2.24, 2.45) is 5.92 Å². The molecule has 0 unspecified atom stereocenters. The van der Waals surface area contributed by atoms with Gasteiger partial charge in [-0.3, -0.25) is 4.79 Å². The molecule has 1 aliphatic heterocycles. The third kappa shape index (κ3) is 4.94. The molecule has 30 heavy (non-hydrogen) atoms. The number of amides is 1. The summed E-state index contributed by atoms with van der Waals surface area (Å²) in [4.78, 5) is 12.8. The van der Waals surface area contributed by atoms with Crippen molar-refractivity contribution in [2.75, 3.05) is 27.3 Å². The van der Waals surface area contributed by atoms with Gasteiger partial charge in [0.1, 0.15) is 0 Å². The van der Waals surface area contributed by atoms with Crippen LogP contribution in [0.1, 0.15) is 24.0 Å². The van der Waals surface area contributed by atoms with E-state index in [1.165, 1.54) is 30.7 Å². The average molecular weight is 433 g/mol. The minimum Gasteiger partial charge on any atom is -0.493 e. The van der Waals surface area contributed by atoms with Gasteiger partial charge >= 0.3 is 0 Å². The quantitative estimate of drug-likeness (QED) is 0.727. The zero-order valence-corrected chi connectivity index (χ0v) is 18.4. The number of hydrogen-bond acceptors (Lipinski definition) is 5. The smallest absolute Gasteiger partial charge is 0.243 e. The van der Waals surface area contributed by atoms with Crippen LogP contribution in [0.3, 0.4) is 0 Å². The number of nitrogens with zero attached hydrogens (tertiary/aromatic N) is 1. The van der Waals surface area contributed by atoms with E-state index in [-0.39, 0.29) is 23.3 Å². The van der Waals surface area contributed by atoms with Crippen molar-refractivity contribution in [1.82, 2.24) is 9.62 Å². The van der Waals surface area contributed by atoms with Crippen LogP contribution in [-0.2, 0) is 21.4 Å². The Morgan fingerprint density at radius 1 is 1.13 bits per heavy atom. The van der Waals surface area contributed by atoms with Gasteiger partial charge in [-0.2, -0.15) is 4.31 Å². The van der Waals surface area contributed by atoms with Crippen LogP contribution in [0.25, 0.3) is 0 Å². The van der Waals surface area contributed by atoms with Gasteiger partial charge in [0.25, 0.3) is 0 Å². The molecule has 1 amide bonds. The van der Waals surface area contributed by atoms with Crippen molar-refractivity contribution >= 4 is 15.9 Å². The topological polar surface area (TPSA) is 84.9 Å². The predicted octanol–water partition coefficient (Wildman–Crippen LogP) is 2.73. The zero-order chi connectivity index (χ0) is 21.7. The van der Waals surface area contributed by atoms with Gasteiger partial charge in [-0.1, -0.05) is 29.8 Å². The molecule has 0 spiro atoms. The first kappa shape index (κ1) is 22.1. The monoisotopic (exact) mass is 432 g/mol. The molecule has 1 saturated heterocycles. The van der Waals surface area contributed by atoms with Gasteiger partial charge in [-0.25, -0.2) is 8.42 Å². The molecule has 0 radical (unpaired) electrons. The largest absolute Gasteiger partial charge is 0.493 e. The first-order valence-electron chi connectivity index (χ1n) is 9.90.